The minimum absolute atomic E-state index is 0.00504. The molecule has 40 heavy (non-hydrogen) atoms. The monoisotopic (exact) mass is 554 g/mol. The zero-order chi connectivity index (χ0) is 29.1. The van der Waals surface area contributed by atoms with Crippen LogP contribution in [0.2, 0.25) is 0 Å². The Balaban J connectivity index is 1.86. The molecule has 0 N–H and O–H groups in total. The van der Waals surface area contributed by atoms with Crippen molar-refractivity contribution in [2.24, 2.45) is 5.92 Å². The lowest BCUT2D eigenvalue weighted by atomic mass is 10.0. The molecule has 2 aromatic rings. The first kappa shape index (κ1) is 31.1. The highest BCUT2D eigenvalue weighted by molar-refractivity contribution is 5.97. The standard InChI is InChI=1S/C32H46N2O6/c1-7-33-19-11-8-12-20-34(25(21-23(2)3)22-40-27-14-10-9-13-26(27)32(33)36)29(35)18-16-24-15-17-28(37-4)31(39-6)30(24)38-5/h9-10,13-15,17,23,25H,7-8,11-12,16,18-22H2,1-6H3/t25-/m0/s1. The van der Waals surface area contributed by atoms with Crippen LogP contribution in [0.3, 0.4) is 0 Å². The maximum Gasteiger partial charge on any atom is 0.257 e. The number of nitrogens with zero attached hydrogens (tertiary/aromatic N) is 2. The second-order valence-corrected chi connectivity index (χ2v) is 10.6. The van der Waals surface area contributed by atoms with Gasteiger partial charge in [0, 0.05) is 26.1 Å². The van der Waals surface area contributed by atoms with Crippen molar-refractivity contribution in [3.8, 4) is 23.0 Å². The fourth-order valence-corrected chi connectivity index (χ4v) is 5.38. The summed E-state index contributed by atoms with van der Waals surface area (Å²) in [5.41, 5.74) is 1.47. The fourth-order valence-electron chi connectivity index (χ4n) is 5.38. The highest BCUT2D eigenvalue weighted by Gasteiger charge is 2.27. The van der Waals surface area contributed by atoms with Crippen LogP contribution in [0.5, 0.6) is 23.0 Å². The molecule has 0 spiro atoms. The van der Waals surface area contributed by atoms with Crippen LogP contribution in [0.1, 0.15) is 68.8 Å². The summed E-state index contributed by atoms with van der Waals surface area (Å²) in [5.74, 6) is 2.72. The number of amides is 2. The van der Waals surface area contributed by atoms with E-state index >= 15 is 0 Å². The predicted octanol–water partition coefficient (Wildman–Crippen LogP) is 5.61. The average molecular weight is 555 g/mol. The van der Waals surface area contributed by atoms with Crippen molar-refractivity contribution in [2.75, 3.05) is 47.6 Å². The summed E-state index contributed by atoms with van der Waals surface area (Å²) in [7, 11) is 4.76. The minimum atomic E-state index is -0.106. The lowest BCUT2D eigenvalue weighted by Crippen LogP contribution is -2.45. The average Bonchev–Trinajstić information content (AvgIpc) is 2.97. The molecule has 1 heterocycles. The number of carbonyl (C=O) groups is 2. The number of rotatable bonds is 9. The summed E-state index contributed by atoms with van der Waals surface area (Å²) in [5, 5.41) is 0. The van der Waals surface area contributed by atoms with Gasteiger partial charge in [-0.05, 0) is 68.7 Å². The molecule has 2 amide bonds. The summed E-state index contributed by atoms with van der Waals surface area (Å²) >= 11 is 0. The quantitative estimate of drug-likeness (QED) is 0.401. The number of methoxy groups -OCH3 is 3. The van der Waals surface area contributed by atoms with Gasteiger partial charge in [0.05, 0.1) is 32.9 Å². The first-order valence-corrected chi connectivity index (χ1v) is 14.4. The summed E-state index contributed by atoms with van der Waals surface area (Å²) in [4.78, 5) is 31.0. The number of hydrogen-bond acceptors (Lipinski definition) is 6. The highest BCUT2D eigenvalue weighted by atomic mass is 16.5. The summed E-state index contributed by atoms with van der Waals surface area (Å²) in [6.07, 6.45) is 4.35. The number of para-hydroxylation sites is 1. The van der Waals surface area contributed by atoms with Crippen LogP contribution < -0.4 is 18.9 Å². The van der Waals surface area contributed by atoms with Gasteiger partial charge in [-0.3, -0.25) is 9.59 Å². The summed E-state index contributed by atoms with van der Waals surface area (Å²) in [6, 6.07) is 11.1. The van der Waals surface area contributed by atoms with Gasteiger partial charge in [0.2, 0.25) is 11.7 Å². The van der Waals surface area contributed by atoms with Crippen LogP contribution in [0.25, 0.3) is 0 Å². The Bertz CT molecular complexity index is 1120. The second-order valence-electron chi connectivity index (χ2n) is 10.6. The van der Waals surface area contributed by atoms with Crippen molar-refractivity contribution >= 4 is 11.8 Å². The molecule has 0 bridgehead atoms. The maximum absolute atomic E-state index is 13.8. The molecule has 8 nitrogen and oxygen atoms in total. The number of aryl methyl sites for hydroxylation is 1. The van der Waals surface area contributed by atoms with Crippen LogP contribution >= 0.6 is 0 Å². The normalized spacial score (nSPS) is 16.8. The van der Waals surface area contributed by atoms with E-state index in [9.17, 15) is 9.59 Å². The third kappa shape index (κ3) is 7.83. The number of fused-ring (bicyclic) bond motifs is 1. The Morgan fingerprint density at radius 2 is 1.70 bits per heavy atom. The number of hydrogen-bond donors (Lipinski definition) is 0. The van der Waals surface area contributed by atoms with Gasteiger partial charge in [-0.15, -0.1) is 0 Å². The van der Waals surface area contributed by atoms with Crippen molar-refractivity contribution in [1.82, 2.24) is 9.80 Å². The third-order valence-electron chi connectivity index (χ3n) is 7.44. The van der Waals surface area contributed by atoms with E-state index in [-0.39, 0.29) is 17.9 Å². The van der Waals surface area contributed by atoms with E-state index in [1.807, 2.05) is 53.1 Å². The molecular formula is C32H46N2O6. The van der Waals surface area contributed by atoms with E-state index in [4.69, 9.17) is 18.9 Å². The first-order valence-electron chi connectivity index (χ1n) is 14.4. The van der Waals surface area contributed by atoms with Gasteiger partial charge in [-0.25, -0.2) is 0 Å². The second kappa shape index (κ2) is 15.4. The van der Waals surface area contributed by atoms with E-state index in [1.165, 1.54) is 0 Å². The first-order chi connectivity index (χ1) is 19.3. The zero-order valence-electron chi connectivity index (χ0n) is 25.0. The summed E-state index contributed by atoms with van der Waals surface area (Å²) < 4.78 is 22.9. The molecule has 0 aromatic heterocycles. The van der Waals surface area contributed by atoms with E-state index in [0.717, 1.165) is 31.2 Å². The molecule has 0 fully saturated rings. The molecule has 220 valence electrons. The van der Waals surface area contributed by atoms with Crippen molar-refractivity contribution < 1.29 is 28.5 Å². The minimum Gasteiger partial charge on any atom is -0.493 e. The van der Waals surface area contributed by atoms with Crippen LogP contribution in [-0.2, 0) is 11.2 Å². The molecular weight excluding hydrogens is 508 g/mol. The van der Waals surface area contributed by atoms with E-state index in [0.29, 0.717) is 73.6 Å². The molecule has 1 atom stereocenters. The molecule has 1 aliphatic rings. The number of benzene rings is 2. The van der Waals surface area contributed by atoms with Gasteiger partial charge in [-0.1, -0.05) is 32.0 Å². The van der Waals surface area contributed by atoms with Crippen LogP contribution in [0, 0.1) is 5.92 Å². The van der Waals surface area contributed by atoms with Gasteiger partial charge >= 0.3 is 0 Å². The zero-order valence-corrected chi connectivity index (χ0v) is 25.0. The van der Waals surface area contributed by atoms with Gasteiger partial charge in [0.15, 0.2) is 11.5 Å². The number of carbonyl (C=O) groups excluding carboxylic acids is 2. The van der Waals surface area contributed by atoms with Crippen molar-refractivity contribution in [3.63, 3.8) is 0 Å². The molecule has 0 unspecified atom stereocenters. The Labute approximate surface area is 239 Å². The van der Waals surface area contributed by atoms with Crippen LogP contribution in [0.4, 0.5) is 0 Å². The highest BCUT2D eigenvalue weighted by Crippen LogP contribution is 2.40. The van der Waals surface area contributed by atoms with Crippen molar-refractivity contribution in [3.05, 3.63) is 47.5 Å². The Morgan fingerprint density at radius 1 is 0.975 bits per heavy atom. The van der Waals surface area contributed by atoms with E-state index < -0.39 is 0 Å². The smallest absolute Gasteiger partial charge is 0.257 e. The molecule has 3 rings (SSSR count). The molecule has 0 saturated carbocycles. The Kier molecular flexibility index (Phi) is 12.0. The molecule has 0 aliphatic carbocycles. The van der Waals surface area contributed by atoms with Crippen molar-refractivity contribution in [1.29, 1.82) is 0 Å². The lowest BCUT2D eigenvalue weighted by molar-refractivity contribution is -0.134. The van der Waals surface area contributed by atoms with Crippen LogP contribution in [-0.4, -0.2) is 75.2 Å². The van der Waals surface area contributed by atoms with Gasteiger partial charge in [-0.2, -0.15) is 0 Å². The van der Waals surface area contributed by atoms with Gasteiger partial charge < -0.3 is 28.7 Å². The molecule has 1 aliphatic heterocycles. The van der Waals surface area contributed by atoms with Crippen LogP contribution in [0.15, 0.2) is 36.4 Å². The van der Waals surface area contributed by atoms with E-state index in [1.54, 1.807) is 21.3 Å². The van der Waals surface area contributed by atoms with Crippen molar-refractivity contribution in [2.45, 2.75) is 65.3 Å². The molecule has 8 heteroatoms. The molecule has 0 radical (unpaired) electrons. The van der Waals surface area contributed by atoms with Gasteiger partial charge in [0.1, 0.15) is 12.4 Å². The fraction of sp³-hybridized carbons (Fsp3) is 0.562. The summed E-state index contributed by atoms with van der Waals surface area (Å²) in [6.45, 7) is 8.65. The van der Waals surface area contributed by atoms with E-state index in [2.05, 4.69) is 13.8 Å². The predicted molar refractivity (Wildman–Crippen MR) is 157 cm³/mol. The SMILES string of the molecule is CCN1CCCCCN(C(=O)CCc2ccc(OC)c(OC)c2OC)[C@@H](CC(C)C)COc2ccccc2C1=O. The largest absolute Gasteiger partial charge is 0.493 e. The molecule has 0 saturated heterocycles. The Morgan fingerprint density at radius 3 is 2.38 bits per heavy atom. The topological polar surface area (TPSA) is 77.5 Å². The number of ether oxygens (including phenoxy) is 4. The third-order valence-corrected chi connectivity index (χ3v) is 7.44. The maximum atomic E-state index is 13.8. The lowest BCUT2D eigenvalue weighted by Gasteiger charge is -2.33. The molecule has 2 aromatic carbocycles. The Hall–Kier alpha value is -3.42. The van der Waals surface area contributed by atoms with Gasteiger partial charge in [0.25, 0.3) is 5.91 Å².